The summed E-state index contributed by atoms with van der Waals surface area (Å²) in [6, 6.07) is 9.18. The molecule has 16 heavy (non-hydrogen) atoms. The van der Waals surface area contributed by atoms with E-state index >= 15 is 0 Å². The highest BCUT2D eigenvalue weighted by Crippen LogP contribution is 2.13. The van der Waals surface area contributed by atoms with Crippen LogP contribution in [0.15, 0.2) is 41.0 Å². The summed E-state index contributed by atoms with van der Waals surface area (Å²) in [5.41, 5.74) is 1.19. The Labute approximate surface area is 101 Å². The average Bonchev–Trinajstić information content (AvgIpc) is 2.66. The highest BCUT2D eigenvalue weighted by Gasteiger charge is 2.09. The number of carboxylic acids is 1. The van der Waals surface area contributed by atoms with Gasteiger partial charge in [0.2, 0.25) is 0 Å². The minimum Gasteiger partial charge on any atom is -0.477 e. The Morgan fingerprint density at radius 1 is 1.44 bits per heavy atom. The summed E-state index contributed by atoms with van der Waals surface area (Å²) in [6.45, 7) is 0.452. The van der Waals surface area contributed by atoms with Crippen LogP contribution in [-0.2, 0) is 6.54 Å². The molecule has 0 unspecified atom stereocenters. The molecule has 2 rings (SSSR count). The number of aromatic nitrogens is 2. The van der Waals surface area contributed by atoms with E-state index in [0.717, 1.165) is 10.0 Å². The molecule has 4 nitrogen and oxygen atoms in total. The van der Waals surface area contributed by atoms with E-state index in [-0.39, 0.29) is 5.69 Å². The second-order valence-electron chi connectivity index (χ2n) is 3.31. The SMILES string of the molecule is O=C(O)c1ccnn1Cc1cccc(Br)c1. The number of nitrogens with zero attached hydrogens (tertiary/aromatic N) is 2. The second kappa shape index (κ2) is 4.49. The molecule has 5 heteroatoms. The third-order valence-corrected chi connectivity index (χ3v) is 2.65. The van der Waals surface area contributed by atoms with Crippen molar-refractivity contribution in [3.63, 3.8) is 0 Å². The Bertz CT molecular complexity index is 522. The number of hydrogen-bond acceptors (Lipinski definition) is 2. The third-order valence-electron chi connectivity index (χ3n) is 2.16. The standard InChI is InChI=1S/C11H9BrN2O2/c12-9-3-1-2-8(6-9)7-14-10(11(15)16)4-5-13-14/h1-6H,7H2,(H,15,16). The number of hydrogen-bond donors (Lipinski definition) is 1. The van der Waals surface area contributed by atoms with Crippen LogP contribution in [0.2, 0.25) is 0 Å². The van der Waals surface area contributed by atoms with E-state index in [1.54, 1.807) is 0 Å². The van der Waals surface area contributed by atoms with Gasteiger partial charge in [-0.1, -0.05) is 28.1 Å². The van der Waals surface area contributed by atoms with Crippen LogP contribution in [0.25, 0.3) is 0 Å². The lowest BCUT2D eigenvalue weighted by Crippen LogP contribution is -2.10. The Morgan fingerprint density at radius 3 is 2.94 bits per heavy atom. The first-order valence-corrected chi connectivity index (χ1v) is 5.45. The summed E-state index contributed by atoms with van der Waals surface area (Å²) in [4.78, 5) is 10.9. The zero-order valence-corrected chi connectivity index (χ0v) is 9.89. The van der Waals surface area contributed by atoms with Crippen LogP contribution in [0.5, 0.6) is 0 Å². The van der Waals surface area contributed by atoms with Crippen molar-refractivity contribution in [1.82, 2.24) is 9.78 Å². The summed E-state index contributed by atoms with van der Waals surface area (Å²) >= 11 is 3.37. The average molecular weight is 281 g/mol. The maximum absolute atomic E-state index is 10.9. The molecule has 0 atom stereocenters. The molecule has 0 radical (unpaired) electrons. The second-order valence-corrected chi connectivity index (χ2v) is 4.22. The number of rotatable bonds is 3. The summed E-state index contributed by atoms with van der Waals surface area (Å²) in [7, 11) is 0. The lowest BCUT2D eigenvalue weighted by molar-refractivity contribution is 0.0684. The maximum Gasteiger partial charge on any atom is 0.354 e. The van der Waals surface area contributed by atoms with Gasteiger partial charge >= 0.3 is 5.97 Å². The zero-order valence-electron chi connectivity index (χ0n) is 8.30. The molecule has 0 amide bonds. The summed E-state index contributed by atoms with van der Waals surface area (Å²) in [5, 5.41) is 12.9. The van der Waals surface area contributed by atoms with Crippen molar-refractivity contribution in [1.29, 1.82) is 0 Å². The number of carboxylic acid groups (broad SMARTS) is 1. The van der Waals surface area contributed by atoms with Crippen LogP contribution in [-0.4, -0.2) is 20.9 Å². The molecule has 0 spiro atoms. The summed E-state index contributed by atoms with van der Waals surface area (Å²) < 4.78 is 2.43. The van der Waals surface area contributed by atoms with Crippen molar-refractivity contribution in [3.05, 3.63) is 52.3 Å². The molecular formula is C11H9BrN2O2. The van der Waals surface area contributed by atoms with Gasteiger partial charge in [-0.2, -0.15) is 5.10 Å². The van der Waals surface area contributed by atoms with Crippen molar-refractivity contribution in [3.8, 4) is 0 Å². The minimum absolute atomic E-state index is 0.194. The van der Waals surface area contributed by atoms with Crippen LogP contribution in [0.1, 0.15) is 16.1 Å². The number of benzene rings is 1. The molecule has 2 aromatic rings. The summed E-state index contributed by atoms with van der Waals surface area (Å²) in [5.74, 6) is -0.965. The van der Waals surface area contributed by atoms with Gasteiger partial charge in [0.05, 0.1) is 6.54 Å². The molecule has 0 saturated heterocycles. The van der Waals surface area contributed by atoms with Gasteiger partial charge in [0.1, 0.15) is 5.69 Å². The molecular weight excluding hydrogens is 272 g/mol. The summed E-state index contributed by atoms with van der Waals surface area (Å²) in [6.07, 6.45) is 1.49. The maximum atomic E-state index is 10.9. The lowest BCUT2D eigenvalue weighted by atomic mass is 10.2. The highest BCUT2D eigenvalue weighted by atomic mass is 79.9. The van der Waals surface area contributed by atoms with Gasteiger partial charge in [-0.3, -0.25) is 4.68 Å². The van der Waals surface area contributed by atoms with Crippen LogP contribution in [0.4, 0.5) is 0 Å². The van der Waals surface area contributed by atoms with Gasteiger partial charge in [0.25, 0.3) is 0 Å². The predicted octanol–water partition coefficient (Wildman–Crippen LogP) is 2.39. The van der Waals surface area contributed by atoms with Gasteiger partial charge in [0.15, 0.2) is 0 Å². The molecule has 1 N–H and O–H groups in total. The molecule has 0 aliphatic heterocycles. The monoisotopic (exact) mass is 280 g/mol. The first-order chi connectivity index (χ1) is 7.66. The largest absolute Gasteiger partial charge is 0.477 e. The molecule has 1 heterocycles. The Morgan fingerprint density at radius 2 is 2.25 bits per heavy atom. The zero-order chi connectivity index (χ0) is 11.5. The lowest BCUT2D eigenvalue weighted by Gasteiger charge is -2.04. The van der Waals surface area contributed by atoms with E-state index < -0.39 is 5.97 Å². The fourth-order valence-corrected chi connectivity index (χ4v) is 1.90. The van der Waals surface area contributed by atoms with Crippen LogP contribution in [0.3, 0.4) is 0 Å². The molecule has 0 aliphatic carbocycles. The van der Waals surface area contributed by atoms with Crippen LogP contribution >= 0.6 is 15.9 Å². The fraction of sp³-hybridized carbons (Fsp3) is 0.0909. The van der Waals surface area contributed by atoms with Gasteiger partial charge in [-0.05, 0) is 23.8 Å². The quantitative estimate of drug-likeness (QED) is 0.939. The van der Waals surface area contributed by atoms with Crippen molar-refractivity contribution in [2.75, 3.05) is 0 Å². The van der Waals surface area contributed by atoms with Gasteiger partial charge < -0.3 is 5.11 Å². The molecule has 1 aromatic heterocycles. The molecule has 82 valence electrons. The van der Waals surface area contributed by atoms with Crippen LogP contribution in [0, 0.1) is 0 Å². The van der Waals surface area contributed by atoms with Gasteiger partial charge in [-0.25, -0.2) is 4.79 Å². The van der Waals surface area contributed by atoms with Crippen molar-refractivity contribution < 1.29 is 9.90 Å². The van der Waals surface area contributed by atoms with E-state index in [4.69, 9.17) is 5.11 Å². The molecule has 0 bridgehead atoms. The molecule has 1 aromatic carbocycles. The Hall–Kier alpha value is -1.62. The normalized spacial score (nSPS) is 10.3. The van der Waals surface area contributed by atoms with Crippen molar-refractivity contribution in [2.24, 2.45) is 0 Å². The first kappa shape index (κ1) is 10.9. The number of aromatic carboxylic acids is 1. The van der Waals surface area contributed by atoms with Gasteiger partial charge in [-0.15, -0.1) is 0 Å². The number of halogens is 1. The first-order valence-electron chi connectivity index (χ1n) is 4.66. The van der Waals surface area contributed by atoms with E-state index in [9.17, 15) is 4.79 Å². The number of carbonyl (C=O) groups is 1. The molecule has 0 aliphatic rings. The van der Waals surface area contributed by atoms with E-state index in [1.165, 1.54) is 16.9 Å². The smallest absolute Gasteiger partial charge is 0.354 e. The Kier molecular flexibility index (Phi) is 3.05. The van der Waals surface area contributed by atoms with Gasteiger partial charge in [0, 0.05) is 10.7 Å². The van der Waals surface area contributed by atoms with Crippen LogP contribution < -0.4 is 0 Å². The van der Waals surface area contributed by atoms with E-state index in [2.05, 4.69) is 21.0 Å². The molecule has 0 saturated carbocycles. The van der Waals surface area contributed by atoms with Crippen molar-refractivity contribution >= 4 is 21.9 Å². The minimum atomic E-state index is -0.965. The Balaban J connectivity index is 2.27. The fourth-order valence-electron chi connectivity index (χ4n) is 1.45. The predicted molar refractivity (Wildman–Crippen MR) is 62.4 cm³/mol. The van der Waals surface area contributed by atoms with E-state index in [1.807, 2.05) is 24.3 Å². The van der Waals surface area contributed by atoms with E-state index in [0.29, 0.717) is 6.54 Å². The highest BCUT2D eigenvalue weighted by molar-refractivity contribution is 9.10. The third kappa shape index (κ3) is 2.30. The molecule has 0 fully saturated rings. The topological polar surface area (TPSA) is 55.1 Å². The van der Waals surface area contributed by atoms with Crippen molar-refractivity contribution in [2.45, 2.75) is 6.54 Å².